The molecule has 20 heavy (non-hydrogen) atoms. The molecule has 108 valence electrons. The molecule has 4 nitrogen and oxygen atoms in total. The van der Waals surface area contributed by atoms with Crippen molar-refractivity contribution in [3.05, 3.63) is 46.7 Å². The summed E-state index contributed by atoms with van der Waals surface area (Å²) in [6.07, 6.45) is 2.36. The van der Waals surface area contributed by atoms with Gasteiger partial charge in [-0.15, -0.1) is 0 Å². The van der Waals surface area contributed by atoms with Crippen molar-refractivity contribution in [2.45, 2.75) is 32.4 Å². The first-order valence-corrected chi connectivity index (χ1v) is 7.05. The summed E-state index contributed by atoms with van der Waals surface area (Å²) in [6.45, 7) is 2.67. The number of aliphatic hydroxyl groups is 1. The van der Waals surface area contributed by atoms with E-state index in [0.29, 0.717) is 23.7 Å². The minimum absolute atomic E-state index is 0.522. The lowest BCUT2D eigenvalue weighted by atomic mass is 10.0. The molecular formula is C15H19ClN2O2. The molecule has 0 radical (unpaired) electrons. The van der Waals surface area contributed by atoms with Gasteiger partial charge in [-0.2, -0.15) is 5.10 Å². The Hall–Kier alpha value is -1.52. The zero-order valence-corrected chi connectivity index (χ0v) is 12.5. The van der Waals surface area contributed by atoms with Gasteiger partial charge in [0.25, 0.3) is 0 Å². The van der Waals surface area contributed by atoms with E-state index in [-0.39, 0.29) is 0 Å². The Balaban J connectivity index is 2.00. The second kappa shape index (κ2) is 6.77. The van der Waals surface area contributed by atoms with Gasteiger partial charge in [-0.1, -0.05) is 23.7 Å². The van der Waals surface area contributed by atoms with E-state index in [1.165, 1.54) is 0 Å². The first-order chi connectivity index (χ1) is 9.65. The van der Waals surface area contributed by atoms with Crippen molar-refractivity contribution >= 4 is 11.6 Å². The predicted molar refractivity (Wildman–Crippen MR) is 79.2 cm³/mol. The first-order valence-electron chi connectivity index (χ1n) is 6.68. The summed E-state index contributed by atoms with van der Waals surface area (Å²) in [4.78, 5) is 0. The summed E-state index contributed by atoms with van der Waals surface area (Å²) in [6, 6.07) is 7.85. The minimum Gasteiger partial charge on any atom is -0.497 e. The fourth-order valence-electron chi connectivity index (χ4n) is 2.19. The SMILES string of the molecule is CCn1ncc(Cl)c1C(O)CCc1ccc(OC)cc1. The van der Waals surface area contributed by atoms with E-state index in [1.807, 2.05) is 31.2 Å². The molecule has 1 aromatic carbocycles. The second-order valence-electron chi connectivity index (χ2n) is 4.60. The van der Waals surface area contributed by atoms with E-state index < -0.39 is 6.10 Å². The number of benzene rings is 1. The van der Waals surface area contributed by atoms with Crippen LogP contribution in [0.3, 0.4) is 0 Å². The van der Waals surface area contributed by atoms with Crippen molar-refractivity contribution in [3.63, 3.8) is 0 Å². The lowest BCUT2D eigenvalue weighted by molar-refractivity contribution is 0.157. The standard InChI is InChI=1S/C15H19ClN2O2/c1-3-18-15(13(16)10-17-18)14(19)9-6-11-4-7-12(20-2)8-5-11/h4-5,7-8,10,14,19H,3,6,9H2,1-2H3. The van der Waals surface area contributed by atoms with Gasteiger partial charge in [0, 0.05) is 6.54 Å². The molecule has 0 aliphatic rings. The summed E-state index contributed by atoms with van der Waals surface area (Å²) in [5, 5.41) is 15.0. The van der Waals surface area contributed by atoms with E-state index in [4.69, 9.17) is 16.3 Å². The molecule has 0 bridgehead atoms. The number of halogens is 1. The van der Waals surface area contributed by atoms with Gasteiger partial charge in [-0.3, -0.25) is 4.68 Å². The third kappa shape index (κ3) is 3.32. The van der Waals surface area contributed by atoms with Gasteiger partial charge in [-0.05, 0) is 37.5 Å². The smallest absolute Gasteiger partial charge is 0.118 e. The van der Waals surface area contributed by atoms with Gasteiger partial charge in [-0.25, -0.2) is 0 Å². The zero-order valence-electron chi connectivity index (χ0n) is 11.7. The maximum absolute atomic E-state index is 10.3. The fraction of sp³-hybridized carbons (Fsp3) is 0.400. The number of methoxy groups -OCH3 is 1. The van der Waals surface area contributed by atoms with E-state index >= 15 is 0 Å². The predicted octanol–water partition coefficient (Wildman–Crippen LogP) is 3.23. The van der Waals surface area contributed by atoms with E-state index in [1.54, 1.807) is 18.0 Å². The van der Waals surface area contributed by atoms with Gasteiger partial charge in [0.1, 0.15) is 5.75 Å². The number of hydrogen-bond acceptors (Lipinski definition) is 3. The lowest BCUT2D eigenvalue weighted by Crippen LogP contribution is -2.09. The van der Waals surface area contributed by atoms with Crippen molar-refractivity contribution in [1.82, 2.24) is 9.78 Å². The first kappa shape index (κ1) is 14.9. The van der Waals surface area contributed by atoms with E-state index in [0.717, 1.165) is 17.7 Å². The summed E-state index contributed by atoms with van der Waals surface area (Å²) in [5.41, 5.74) is 1.85. The number of rotatable bonds is 6. The summed E-state index contributed by atoms with van der Waals surface area (Å²) in [7, 11) is 1.65. The van der Waals surface area contributed by atoms with Crippen LogP contribution in [0.2, 0.25) is 5.02 Å². The number of hydrogen-bond donors (Lipinski definition) is 1. The Kier molecular flexibility index (Phi) is 5.04. The third-order valence-corrected chi connectivity index (χ3v) is 3.61. The summed E-state index contributed by atoms with van der Waals surface area (Å²) >= 11 is 6.08. The fourth-order valence-corrected chi connectivity index (χ4v) is 2.45. The van der Waals surface area contributed by atoms with E-state index in [2.05, 4.69) is 5.10 Å². The Labute approximate surface area is 123 Å². The molecule has 1 heterocycles. The molecule has 0 saturated heterocycles. The normalized spacial score (nSPS) is 12.4. The quantitative estimate of drug-likeness (QED) is 0.890. The molecule has 1 unspecified atom stereocenters. The molecule has 0 amide bonds. The van der Waals surface area contributed by atoms with Gasteiger partial charge in [0.2, 0.25) is 0 Å². The Morgan fingerprint density at radius 1 is 1.35 bits per heavy atom. The molecule has 0 aliphatic heterocycles. The van der Waals surface area contributed by atoms with Crippen LogP contribution < -0.4 is 4.74 Å². The largest absolute Gasteiger partial charge is 0.497 e. The van der Waals surface area contributed by atoms with Crippen molar-refractivity contribution in [1.29, 1.82) is 0 Å². The molecule has 2 rings (SSSR count). The molecule has 5 heteroatoms. The van der Waals surface area contributed by atoms with Crippen LogP contribution >= 0.6 is 11.6 Å². The number of aromatic nitrogens is 2. The molecule has 1 atom stereocenters. The highest BCUT2D eigenvalue weighted by molar-refractivity contribution is 6.31. The molecule has 1 N–H and O–H groups in total. The second-order valence-corrected chi connectivity index (χ2v) is 5.00. The van der Waals surface area contributed by atoms with Crippen LogP contribution in [0.15, 0.2) is 30.5 Å². The number of ether oxygens (including phenoxy) is 1. The van der Waals surface area contributed by atoms with Crippen molar-refractivity contribution < 1.29 is 9.84 Å². The summed E-state index contributed by atoms with van der Waals surface area (Å²) < 4.78 is 6.86. The minimum atomic E-state index is -0.605. The van der Waals surface area contributed by atoms with E-state index in [9.17, 15) is 5.11 Å². The molecular weight excluding hydrogens is 276 g/mol. The topological polar surface area (TPSA) is 47.3 Å². The summed E-state index contributed by atoms with van der Waals surface area (Å²) in [5.74, 6) is 0.835. The van der Waals surface area contributed by atoms with Crippen LogP contribution in [-0.2, 0) is 13.0 Å². The number of aliphatic hydroxyl groups excluding tert-OH is 1. The molecule has 0 saturated carbocycles. The Morgan fingerprint density at radius 3 is 2.65 bits per heavy atom. The zero-order chi connectivity index (χ0) is 14.5. The van der Waals surface area contributed by atoms with Crippen LogP contribution in [0.1, 0.15) is 30.7 Å². The van der Waals surface area contributed by atoms with Crippen LogP contribution in [0.4, 0.5) is 0 Å². The van der Waals surface area contributed by atoms with Crippen LogP contribution in [0.5, 0.6) is 5.75 Å². The maximum atomic E-state index is 10.3. The van der Waals surface area contributed by atoms with Crippen LogP contribution in [0, 0.1) is 0 Å². The van der Waals surface area contributed by atoms with Gasteiger partial charge < -0.3 is 9.84 Å². The van der Waals surface area contributed by atoms with Gasteiger partial charge >= 0.3 is 0 Å². The highest BCUT2D eigenvalue weighted by Crippen LogP contribution is 2.26. The highest BCUT2D eigenvalue weighted by atomic mass is 35.5. The molecule has 0 fully saturated rings. The van der Waals surface area contributed by atoms with Gasteiger partial charge in [0.15, 0.2) is 0 Å². The van der Waals surface area contributed by atoms with Crippen LogP contribution in [0.25, 0.3) is 0 Å². The highest BCUT2D eigenvalue weighted by Gasteiger charge is 2.17. The van der Waals surface area contributed by atoms with Gasteiger partial charge in [0.05, 0.1) is 30.1 Å². The maximum Gasteiger partial charge on any atom is 0.118 e. The molecule has 0 spiro atoms. The monoisotopic (exact) mass is 294 g/mol. The van der Waals surface area contributed by atoms with Crippen molar-refractivity contribution in [2.24, 2.45) is 0 Å². The van der Waals surface area contributed by atoms with Crippen molar-refractivity contribution in [3.8, 4) is 5.75 Å². The Bertz CT molecular complexity index is 552. The lowest BCUT2D eigenvalue weighted by Gasteiger charge is -2.13. The number of aryl methyl sites for hydroxylation is 2. The average molecular weight is 295 g/mol. The Morgan fingerprint density at radius 2 is 2.05 bits per heavy atom. The number of nitrogens with zero attached hydrogens (tertiary/aromatic N) is 2. The van der Waals surface area contributed by atoms with Crippen molar-refractivity contribution in [2.75, 3.05) is 7.11 Å². The molecule has 2 aromatic rings. The average Bonchev–Trinajstić information content (AvgIpc) is 2.86. The third-order valence-electron chi connectivity index (χ3n) is 3.31. The molecule has 0 aliphatic carbocycles. The molecule has 1 aromatic heterocycles. The van der Waals surface area contributed by atoms with Crippen LogP contribution in [-0.4, -0.2) is 22.0 Å².